The molecule has 126 valence electrons. The maximum absolute atomic E-state index is 14.2. The Morgan fingerprint density at radius 3 is 2.64 bits per heavy atom. The van der Waals surface area contributed by atoms with Crippen LogP contribution in [0.5, 0.6) is 0 Å². The summed E-state index contributed by atoms with van der Waals surface area (Å²) < 4.78 is 14.2. The molecule has 3 rings (SSSR count). The smallest absolute Gasteiger partial charge is 0.258 e. The van der Waals surface area contributed by atoms with Gasteiger partial charge in [0.05, 0.1) is 11.6 Å². The molecule has 1 saturated carbocycles. The van der Waals surface area contributed by atoms with Crippen molar-refractivity contribution in [2.24, 2.45) is 5.92 Å². The van der Waals surface area contributed by atoms with E-state index in [1.807, 2.05) is 6.07 Å². The fourth-order valence-electron chi connectivity index (χ4n) is 2.69. The van der Waals surface area contributed by atoms with Crippen molar-refractivity contribution in [3.05, 3.63) is 70.7 Å². The minimum absolute atomic E-state index is 0.00319. The Hall–Kier alpha value is -3.00. The lowest BCUT2D eigenvalue weighted by Crippen LogP contribution is -2.32. The lowest BCUT2D eigenvalue weighted by molar-refractivity contribution is -0.104. The van der Waals surface area contributed by atoms with Gasteiger partial charge in [-0.05, 0) is 55.2 Å². The average Bonchev–Trinajstić information content (AvgIpc) is 3.46. The highest BCUT2D eigenvalue weighted by Crippen LogP contribution is 2.33. The van der Waals surface area contributed by atoms with Crippen molar-refractivity contribution >= 4 is 12.2 Å². The van der Waals surface area contributed by atoms with Crippen LogP contribution >= 0.6 is 0 Å². The van der Waals surface area contributed by atoms with Gasteiger partial charge in [-0.15, -0.1) is 0 Å². The normalized spacial score (nSPS) is 16.7. The first-order valence-electron chi connectivity index (χ1n) is 8.15. The summed E-state index contributed by atoms with van der Waals surface area (Å²) in [6.45, 7) is 0.530. The monoisotopic (exact) mass is 336 g/mol. The van der Waals surface area contributed by atoms with Crippen LogP contribution in [-0.2, 0) is 4.79 Å². The molecule has 0 saturated heterocycles. The van der Waals surface area contributed by atoms with Crippen LogP contribution in [0.25, 0.3) is 0 Å². The number of hydrogen-bond acceptors (Lipinski definition) is 3. The summed E-state index contributed by atoms with van der Waals surface area (Å²) in [6.07, 6.45) is 7.19. The minimum Gasteiger partial charge on any atom is -0.311 e. The first-order valence-corrected chi connectivity index (χ1v) is 8.15. The molecule has 0 N–H and O–H groups in total. The highest BCUT2D eigenvalue weighted by molar-refractivity contribution is 5.95. The number of hydrogen-bond donors (Lipinski definition) is 0. The third kappa shape index (κ3) is 3.92. The van der Waals surface area contributed by atoms with E-state index in [4.69, 9.17) is 5.26 Å². The van der Waals surface area contributed by atoms with Crippen LogP contribution in [0.15, 0.2) is 59.6 Å². The molecule has 0 bridgehead atoms. The van der Waals surface area contributed by atoms with Gasteiger partial charge in [0.15, 0.2) is 6.29 Å². The van der Waals surface area contributed by atoms with E-state index in [0.717, 1.165) is 12.8 Å². The second-order valence-corrected chi connectivity index (χ2v) is 6.22. The molecule has 1 amide bonds. The second kappa shape index (κ2) is 7.27. The van der Waals surface area contributed by atoms with Crippen LogP contribution in [0, 0.1) is 17.2 Å². The number of nitrogens with zero attached hydrogens (tertiary/aromatic N) is 2. The summed E-state index contributed by atoms with van der Waals surface area (Å²) in [5.74, 6) is -0.338. The zero-order valence-electron chi connectivity index (χ0n) is 13.6. The highest BCUT2D eigenvalue weighted by atomic mass is 19.1. The van der Waals surface area contributed by atoms with Crippen LogP contribution in [-0.4, -0.2) is 23.6 Å². The number of rotatable bonds is 5. The third-order valence-electron chi connectivity index (χ3n) is 4.33. The van der Waals surface area contributed by atoms with Crippen molar-refractivity contribution < 1.29 is 14.0 Å². The van der Waals surface area contributed by atoms with Gasteiger partial charge in [0.25, 0.3) is 5.91 Å². The van der Waals surface area contributed by atoms with Crippen molar-refractivity contribution in [1.29, 1.82) is 5.26 Å². The molecule has 0 aromatic heterocycles. The molecule has 0 aliphatic heterocycles. The predicted octanol–water partition coefficient (Wildman–Crippen LogP) is 3.68. The molecular formula is C20H17FN2O2. The Labute approximate surface area is 145 Å². The van der Waals surface area contributed by atoms with E-state index in [2.05, 4.69) is 0 Å². The van der Waals surface area contributed by atoms with Gasteiger partial charge >= 0.3 is 0 Å². The Balaban J connectivity index is 1.89. The van der Waals surface area contributed by atoms with E-state index in [1.165, 1.54) is 6.08 Å². The zero-order valence-corrected chi connectivity index (χ0v) is 13.6. The fraction of sp³-hybridized carbons (Fsp3) is 0.250. The Morgan fingerprint density at radius 1 is 1.32 bits per heavy atom. The molecule has 0 spiro atoms. The highest BCUT2D eigenvalue weighted by Gasteiger charge is 2.30. The molecule has 2 aliphatic carbocycles. The van der Waals surface area contributed by atoms with Crippen molar-refractivity contribution in [3.63, 3.8) is 0 Å². The Morgan fingerprint density at radius 2 is 2.04 bits per heavy atom. The van der Waals surface area contributed by atoms with Crippen LogP contribution in [0.4, 0.5) is 4.39 Å². The molecule has 1 fully saturated rings. The number of carbonyl (C=O) groups excluding carboxylic acids is 2. The number of benzene rings is 1. The van der Waals surface area contributed by atoms with Crippen LogP contribution in [0.2, 0.25) is 0 Å². The second-order valence-electron chi connectivity index (χ2n) is 6.22. The van der Waals surface area contributed by atoms with Gasteiger partial charge in [0.1, 0.15) is 5.83 Å². The minimum atomic E-state index is -0.538. The number of allylic oxidation sites excluding steroid dienone is 5. The molecule has 1 aromatic rings. The van der Waals surface area contributed by atoms with E-state index in [0.29, 0.717) is 35.6 Å². The van der Waals surface area contributed by atoms with Gasteiger partial charge in [-0.1, -0.05) is 6.08 Å². The first-order chi connectivity index (χ1) is 12.1. The SMILES string of the molecule is N#Cc1ccc(C(=O)N(CC2CC2)C2=CC=CC(C=O)=C(F)C2)cc1. The first kappa shape index (κ1) is 16.8. The maximum Gasteiger partial charge on any atom is 0.258 e. The van der Waals surface area contributed by atoms with Gasteiger partial charge in [-0.2, -0.15) is 5.26 Å². The van der Waals surface area contributed by atoms with Crippen LogP contribution in [0.1, 0.15) is 35.2 Å². The summed E-state index contributed by atoms with van der Waals surface area (Å²) in [6, 6.07) is 8.42. The van der Waals surface area contributed by atoms with Crippen molar-refractivity contribution in [2.75, 3.05) is 6.54 Å². The largest absolute Gasteiger partial charge is 0.311 e. The van der Waals surface area contributed by atoms with Gasteiger partial charge < -0.3 is 4.90 Å². The fourth-order valence-corrected chi connectivity index (χ4v) is 2.69. The maximum atomic E-state index is 14.2. The van der Waals surface area contributed by atoms with E-state index < -0.39 is 5.83 Å². The Bertz CT molecular complexity index is 824. The molecular weight excluding hydrogens is 319 g/mol. The van der Waals surface area contributed by atoms with E-state index in [1.54, 1.807) is 41.3 Å². The summed E-state index contributed by atoms with van der Waals surface area (Å²) in [7, 11) is 0. The van der Waals surface area contributed by atoms with Crippen molar-refractivity contribution in [1.82, 2.24) is 4.90 Å². The van der Waals surface area contributed by atoms with Crippen LogP contribution in [0.3, 0.4) is 0 Å². The summed E-state index contributed by atoms with van der Waals surface area (Å²) in [5, 5.41) is 8.88. The van der Waals surface area contributed by atoms with Gasteiger partial charge in [0, 0.05) is 29.8 Å². The van der Waals surface area contributed by atoms with Crippen molar-refractivity contribution in [2.45, 2.75) is 19.3 Å². The molecule has 0 unspecified atom stereocenters. The lowest BCUT2D eigenvalue weighted by atomic mass is 10.1. The molecule has 0 atom stereocenters. The van der Waals surface area contributed by atoms with Gasteiger partial charge in [-0.3, -0.25) is 9.59 Å². The van der Waals surface area contributed by atoms with E-state index >= 15 is 0 Å². The standard InChI is InChI=1S/C20H17FN2O2/c21-19-10-18(3-1-2-17(19)13-24)23(12-15-4-5-15)20(25)16-8-6-14(11-22)7-9-16/h1-3,6-9,13,15H,4-5,10,12H2. The van der Waals surface area contributed by atoms with Crippen molar-refractivity contribution in [3.8, 4) is 6.07 Å². The molecule has 2 aliphatic rings. The summed E-state index contributed by atoms with van der Waals surface area (Å²) in [5.41, 5.74) is 1.47. The molecule has 5 heteroatoms. The topological polar surface area (TPSA) is 61.2 Å². The number of nitriles is 1. The number of halogens is 1. The molecule has 0 radical (unpaired) electrons. The Kier molecular flexibility index (Phi) is 4.90. The predicted molar refractivity (Wildman–Crippen MR) is 91.0 cm³/mol. The lowest BCUT2D eigenvalue weighted by Gasteiger charge is -2.25. The van der Waals surface area contributed by atoms with Gasteiger partial charge in [0.2, 0.25) is 0 Å². The summed E-state index contributed by atoms with van der Waals surface area (Å²) >= 11 is 0. The number of aldehydes is 1. The molecule has 1 aromatic carbocycles. The average molecular weight is 336 g/mol. The zero-order chi connectivity index (χ0) is 17.8. The number of carbonyl (C=O) groups is 2. The van der Waals surface area contributed by atoms with E-state index in [-0.39, 0.29) is 17.9 Å². The number of amides is 1. The van der Waals surface area contributed by atoms with Crippen LogP contribution < -0.4 is 0 Å². The van der Waals surface area contributed by atoms with Gasteiger partial charge in [-0.25, -0.2) is 4.39 Å². The quantitative estimate of drug-likeness (QED) is 0.771. The molecule has 4 nitrogen and oxygen atoms in total. The summed E-state index contributed by atoms with van der Waals surface area (Å²) in [4.78, 5) is 25.5. The third-order valence-corrected chi connectivity index (χ3v) is 4.33. The van der Waals surface area contributed by atoms with E-state index in [9.17, 15) is 14.0 Å². The molecule has 25 heavy (non-hydrogen) atoms. The molecule has 0 heterocycles.